The average molecular weight is 1930 g/mol. The van der Waals surface area contributed by atoms with E-state index in [9.17, 15) is 103 Å². The quantitative estimate of drug-likeness (QED) is 0.0395. The average Bonchev–Trinajstić information content (AvgIpc) is 1.60. The lowest BCUT2D eigenvalue weighted by molar-refractivity contribution is -0.385. The van der Waals surface area contributed by atoms with Crippen LogP contribution in [-0.4, -0.2) is 251 Å². The molecule has 52 nitrogen and oxygen atoms in total. The van der Waals surface area contributed by atoms with Gasteiger partial charge in [0.1, 0.15) is 61.4 Å². The molecule has 6 fully saturated rings. The van der Waals surface area contributed by atoms with Crippen LogP contribution in [0.4, 0.5) is 26.7 Å². The second-order valence-corrected chi connectivity index (χ2v) is 31.3. The van der Waals surface area contributed by atoms with Gasteiger partial charge in [0.15, 0.2) is 48.5 Å². The van der Waals surface area contributed by atoms with Crippen molar-refractivity contribution in [3.63, 3.8) is 0 Å². The minimum absolute atomic E-state index is 0.0811. The van der Waals surface area contributed by atoms with Gasteiger partial charge >= 0.3 is 48.1 Å². The Morgan fingerprint density at radius 2 is 0.754 bits per heavy atom. The summed E-state index contributed by atoms with van der Waals surface area (Å²) in [5.74, 6) is -3.30. The predicted octanol–water partition coefficient (Wildman–Crippen LogP) is 4.04. The monoisotopic (exact) mass is 1920 g/mol. The molecule has 18 unspecified atom stereocenters. The number of pyridine rings is 5. The van der Waals surface area contributed by atoms with Crippen molar-refractivity contribution in [1.29, 1.82) is 0 Å². The first-order valence-electron chi connectivity index (χ1n) is 42.2. The van der Waals surface area contributed by atoms with Crippen molar-refractivity contribution in [1.82, 2.24) is 52.8 Å². The fourth-order valence-corrected chi connectivity index (χ4v) is 15.7. The van der Waals surface area contributed by atoms with Gasteiger partial charge in [-0.1, -0.05) is 65.0 Å². The zero-order valence-electron chi connectivity index (χ0n) is 73.4. The summed E-state index contributed by atoms with van der Waals surface area (Å²) in [5.41, 5.74) is 0.624. The van der Waals surface area contributed by atoms with Crippen LogP contribution in [0.1, 0.15) is 122 Å². The van der Waals surface area contributed by atoms with Crippen LogP contribution < -0.4 is 27.8 Å². The zero-order valence-corrected chi connectivity index (χ0v) is 73.4. The van der Waals surface area contributed by atoms with Gasteiger partial charge in [0.25, 0.3) is 44.9 Å². The fourth-order valence-electron chi connectivity index (χ4n) is 15.7. The number of ether oxygens (including phenoxy) is 16. The van der Waals surface area contributed by atoms with Crippen molar-refractivity contribution in [2.24, 2.45) is 0 Å². The molecule has 3 aromatic carbocycles. The third kappa shape index (κ3) is 24.6. The molecule has 0 aliphatic carbocycles. The number of carbonyl (C=O) groups is 8. The largest absolute Gasteiger partial charge is 0.508 e. The Hall–Kier alpha value is -15.6. The van der Waals surface area contributed by atoms with Gasteiger partial charge < -0.3 is 91.1 Å². The summed E-state index contributed by atoms with van der Waals surface area (Å²) in [6.07, 6.45) is -10.00. The molecule has 0 saturated carbocycles. The third-order valence-electron chi connectivity index (χ3n) is 21.7. The molecule has 138 heavy (non-hydrogen) atoms. The Labute approximate surface area is 774 Å². The van der Waals surface area contributed by atoms with Gasteiger partial charge in [-0.3, -0.25) is 91.5 Å². The van der Waals surface area contributed by atoms with E-state index in [2.05, 4.69) is 30.1 Å². The molecule has 18 atom stereocenters. The smallest absolute Gasteiger partial charge is 0.459 e. The summed E-state index contributed by atoms with van der Waals surface area (Å²) in [7, 11) is 2.33. The van der Waals surface area contributed by atoms with E-state index in [1.807, 2.05) is 6.07 Å². The molecular weight excluding hydrogens is 1840 g/mol. The van der Waals surface area contributed by atoms with E-state index < -0.39 is 178 Å². The van der Waals surface area contributed by atoms with E-state index in [1.165, 1.54) is 49.1 Å². The molecule has 10 aromatic rings. The number of nitrogens with zero attached hydrogens (tertiary/aromatic N) is 14. The van der Waals surface area contributed by atoms with Gasteiger partial charge in [0, 0.05) is 108 Å². The topological polar surface area (TPSA) is 646 Å². The number of fused-ring (bicyclic) bond motifs is 6. The van der Waals surface area contributed by atoms with E-state index in [0.29, 0.717) is 64.9 Å². The summed E-state index contributed by atoms with van der Waals surface area (Å²) >= 11 is 0. The highest BCUT2D eigenvalue weighted by Gasteiger charge is 2.47. The lowest BCUT2D eigenvalue weighted by Gasteiger charge is -2.21. The Kier molecular flexibility index (Phi) is 32.7. The Morgan fingerprint density at radius 3 is 1.18 bits per heavy atom. The van der Waals surface area contributed by atoms with Gasteiger partial charge in [-0.2, -0.15) is 0 Å². The van der Waals surface area contributed by atoms with Crippen LogP contribution in [-0.2, 0) is 103 Å². The van der Waals surface area contributed by atoms with Crippen LogP contribution in [0.15, 0.2) is 194 Å². The van der Waals surface area contributed by atoms with Crippen LogP contribution in [0.2, 0.25) is 0 Å². The number of hydrogen-bond donors (Lipinski definition) is 3. The van der Waals surface area contributed by atoms with Crippen LogP contribution in [0, 0.1) is 30.3 Å². The molecule has 4 bridgehead atoms. The van der Waals surface area contributed by atoms with E-state index in [-0.39, 0.29) is 92.5 Å². The second-order valence-electron chi connectivity index (χ2n) is 31.3. The number of aromatic nitrogens is 11. The molecule has 730 valence electrons. The molecule has 15 heterocycles. The van der Waals surface area contributed by atoms with E-state index in [1.54, 1.807) is 106 Å². The lowest BCUT2D eigenvalue weighted by atomic mass is 10.1. The summed E-state index contributed by atoms with van der Waals surface area (Å²) in [4.78, 5) is 184. The van der Waals surface area contributed by atoms with Gasteiger partial charge in [-0.25, -0.2) is 33.3 Å². The molecule has 6 saturated heterocycles. The van der Waals surface area contributed by atoms with Crippen molar-refractivity contribution < 1.29 is 144 Å². The third-order valence-corrected chi connectivity index (χ3v) is 21.7. The SMILES string of the molecule is COC(=O)OCC1CC(OC(C)=O)C(OC(C)=O)O1.COC(=O)OCC1CC(OC(C)=O)C(n2cc([N+](=O)[O-])ccc2=O)O1.O=C(OC1CC2Cn3nnc4ccc(=O)n(c43)C1O2)c1ccccc1.O=C(OCC1CC(OC(=O)c2ccccc2)C(n2cc([N+](=O)[O-])ccc2=O)O1)c1ccccc1.O=c1ccc([N+](=O)[O-])cn1C1OC(CO)CC1O.O=c1ccc2nnn3c2n1C1OC(CC1O)C3. The Morgan fingerprint density at radius 1 is 0.391 bits per heavy atom. The van der Waals surface area contributed by atoms with Crippen LogP contribution in [0.25, 0.3) is 22.3 Å². The molecule has 18 rings (SSSR count). The molecule has 0 spiro atoms. The molecule has 8 aliphatic rings. The highest BCUT2D eigenvalue weighted by Crippen LogP contribution is 2.39. The summed E-state index contributed by atoms with van der Waals surface area (Å²) in [6.45, 7) is 3.92. The maximum atomic E-state index is 12.6. The number of esters is 6. The van der Waals surface area contributed by atoms with Gasteiger partial charge in [0.05, 0.1) is 121 Å². The Balaban J connectivity index is 0.000000142. The van der Waals surface area contributed by atoms with Crippen LogP contribution in [0.5, 0.6) is 0 Å². The molecule has 0 amide bonds. The van der Waals surface area contributed by atoms with Crippen LogP contribution in [0.3, 0.4) is 0 Å². The molecule has 0 radical (unpaired) electrons. The highest BCUT2D eigenvalue weighted by atomic mass is 16.8. The van der Waals surface area contributed by atoms with Crippen molar-refractivity contribution in [2.45, 2.75) is 183 Å². The molecular formula is C86H88N14O38. The first-order chi connectivity index (χ1) is 66.1. The number of aliphatic hydroxyl groups excluding tert-OH is 3. The molecule has 52 heteroatoms. The van der Waals surface area contributed by atoms with Gasteiger partial charge in [-0.15, -0.1) is 10.2 Å². The van der Waals surface area contributed by atoms with Crippen molar-refractivity contribution >= 4 is 87.5 Å². The Bertz CT molecular complexity index is 6420. The first-order valence-corrected chi connectivity index (χ1v) is 42.2. The van der Waals surface area contributed by atoms with E-state index in [4.69, 9.17) is 71.4 Å². The zero-order chi connectivity index (χ0) is 98.9. The highest BCUT2D eigenvalue weighted by molar-refractivity contribution is 5.90. The number of rotatable bonds is 21. The standard InChI is InChI=1S/C24H20N2O8.C17H14N4O4.C14H16N2O9.C11H16O8.C10H10N4O3.C10H12N2O6/c27-21-12-11-18(26(30)31)14-25(21)22-20(34-24(29)17-9-5-2-6-10-17)13-19(33-22)15-32-23(28)16-7-3-1-4-8-16;22-14-7-6-12-15-20(19-18-12)9-11-8-13(16(24-11)21(14)15)25-17(23)10-4-2-1-3-5-10;1-8(17)24-11-5-10(7-23-14(19)22-2)25-13(11)15-6-9(16(20)21)3-4-12(15)18;1-6(12)17-9-4-8(5-16-11(14)15-3)19-10(9)18-7(2)13;15-7-3-5-4-13-9-6(11-12-13)1-2-8(16)14(9)10(7)17-5;13-5-7-3-8(14)10(18-7)11-4-6(12(16)17)1-2-9(11)15/h1-12,14,19-20,22H,13,15H2;1-7,11,13,16H,8-9H2;3-4,6,10-11,13H,5,7H2,1-2H3;8-10H,4-5H2,1-3H3;1-2,5,7,10,15H,3-4H2;1-2,4,7-8,10,13-14H,3,5H2. The lowest BCUT2D eigenvalue weighted by Crippen LogP contribution is -2.33. The fraction of sp³-hybridized carbons (Fsp3) is 0.407. The summed E-state index contributed by atoms with van der Waals surface area (Å²) in [6, 6.07) is 37.9. The van der Waals surface area contributed by atoms with E-state index in [0.717, 1.165) is 75.8 Å². The summed E-state index contributed by atoms with van der Waals surface area (Å²) in [5, 5.41) is 77.5. The van der Waals surface area contributed by atoms with Crippen molar-refractivity contribution in [2.75, 3.05) is 40.6 Å². The maximum Gasteiger partial charge on any atom is 0.508 e. The van der Waals surface area contributed by atoms with Gasteiger partial charge in [0.2, 0.25) is 6.29 Å². The number of hydrogen-bond acceptors (Lipinski definition) is 42. The number of methoxy groups -OCH3 is 2. The predicted molar refractivity (Wildman–Crippen MR) is 458 cm³/mol. The first kappa shape index (κ1) is 99.9. The number of aliphatic hydroxyl groups is 3. The molecule has 7 aromatic heterocycles. The minimum Gasteiger partial charge on any atom is -0.459 e. The number of benzene rings is 3. The molecule has 8 aliphatic heterocycles. The maximum absolute atomic E-state index is 12.6. The van der Waals surface area contributed by atoms with Gasteiger partial charge in [-0.05, 0) is 48.5 Å². The second kappa shape index (κ2) is 45.2. The van der Waals surface area contributed by atoms with Crippen LogP contribution >= 0.6 is 0 Å². The molecule has 3 N–H and O–H groups in total. The van der Waals surface area contributed by atoms with E-state index >= 15 is 0 Å². The van der Waals surface area contributed by atoms with Crippen molar-refractivity contribution in [3.8, 4) is 0 Å². The van der Waals surface area contributed by atoms with Crippen molar-refractivity contribution in [3.05, 3.63) is 269 Å². The normalized spacial score (nSPS) is 24.1. The number of carbonyl (C=O) groups excluding carboxylic acids is 8. The summed E-state index contributed by atoms with van der Waals surface area (Å²) < 4.78 is 92.7. The number of nitro groups is 3. The minimum atomic E-state index is -1.14.